The van der Waals surface area contributed by atoms with Crippen LogP contribution in [0.5, 0.6) is 0 Å². The van der Waals surface area contributed by atoms with Crippen LogP contribution in [0.1, 0.15) is 45.0 Å². The van der Waals surface area contributed by atoms with Crippen LogP contribution in [0.3, 0.4) is 0 Å². The molecule has 0 aliphatic heterocycles. The zero-order chi connectivity index (χ0) is 27.6. The van der Waals surface area contributed by atoms with Gasteiger partial charge in [0, 0.05) is 30.3 Å². The van der Waals surface area contributed by atoms with Crippen molar-refractivity contribution in [1.29, 1.82) is 0 Å². The van der Waals surface area contributed by atoms with Gasteiger partial charge < -0.3 is 9.55 Å². The van der Waals surface area contributed by atoms with Gasteiger partial charge in [0.2, 0.25) is 0 Å². The quantitative estimate of drug-likeness (QED) is 0.186. The van der Waals surface area contributed by atoms with E-state index in [1.807, 2.05) is 57.9 Å². The molecule has 4 aromatic heterocycles. The van der Waals surface area contributed by atoms with Crippen molar-refractivity contribution in [2.75, 3.05) is 0 Å². The van der Waals surface area contributed by atoms with Crippen molar-refractivity contribution < 1.29 is 20.1 Å². The van der Waals surface area contributed by atoms with Crippen LogP contribution in [0.4, 0.5) is 0 Å². The van der Waals surface area contributed by atoms with E-state index in [0.717, 1.165) is 46.7 Å². The fourth-order valence-electron chi connectivity index (χ4n) is 4.52. The van der Waals surface area contributed by atoms with Crippen LogP contribution in [0.15, 0.2) is 104 Å². The van der Waals surface area contributed by atoms with Crippen LogP contribution < -0.4 is 0 Å². The van der Waals surface area contributed by atoms with E-state index in [9.17, 15) is 0 Å². The molecule has 0 saturated carbocycles. The summed E-state index contributed by atoms with van der Waals surface area (Å²) in [5.41, 5.74) is 9.00. The first kappa shape index (κ1) is 29.8. The van der Waals surface area contributed by atoms with Crippen molar-refractivity contribution in [3.63, 3.8) is 0 Å². The molecule has 0 aliphatic carbocycles. The van der Waals surface area contributed by atoms with E-state index >= 15 is 0 Å². The SMILES string of the molecule is Cc1cc(Cc2[c-]cccc2)nc(Cn2[c-]cnc2)c1.Cc1cc(Cc2[c-]cccc2)nc(Cn2cccn2)c1.[Ir+3]. The molecule has 206 valence electrons. The van der Waals surface area contributed by atoms with Crippen molar-refractivity contribution >= 4 is 0 Å². The van der Waals surface area contributed by atoms with Crippen LogP contribution in [0.2, 0.25) is 0 Å². The van der Waals surface area contributed by atoms with Crippen molar-refractivity contribution in [2.24, 2.45) is 0 Å². The largest absolute Gasteiger partial charge is 3.00 e. The maximum atomic E-state index is 4.72. The van der Waals surface area contributed by atoms with Crippen molar-refractivity contribution in [1.82, 2.24) is 29.3 Å². The van der Waals surface area contributed by atoms with E-state index in [1.54, 1.807) is 18.7 Å². The predicted octanol–water partition coefficient (Wildman–Crippen LogP) is 5.85. The fourth-order valence-corrected chi connectivity index (χ4v) is 4.52. The molecule has 41 heavy (non-hydrogen) atoms. The zero-order valence-electron chi connectivity index (χ0n) is 23.2. The summed E-state index contributed by atoms with van der Waals surface area (Å²) in [5, 5.41) is 4.23. The van der Waals surface area contributed by atoms with Gasteiger partial charge in [-0.1, -0.05) is 12.5 Å². The number of hydrogen-bond donors (Lipinski definition) is 0. The molecule has 0 fully saturated rings. The number of pyridine rings is 2. The van der Waals surface area contributed by atoms with E-state index < -0.39 is 0 Å². The maximum absolute atomic E-state index is 4.72. The van der Waals surface area contributed by atoms with Gasteiger partial charge in [0.05, 0.1) is 17.9 Å². The first-order valence-electron chi connectivity index (χ1n) is 13.3. The molecule has 0 unspecified atom stereocenters. The minimum Gasteiger partial charge on any atom is -0.496 e. The number of imidazole rings is 1. The third-order valence-corrected chi connectivity index (χ3v) is 6.16. The van der Waals surface area contributed by atoms with Gasteiger partial charge in [-0.2, -0.15) is 83.1 Å². The van der Waals surface area contributed by atoms with Gasteiger partial charge in [-0.15, -0.1) is 0 Å². The van der Waals surface area contributed by atoms with Crippen LogP contribution in [0.25, 0.3) is 0 Å². The summed E-state index contributed by atoms with van der Waals surface area (Å²) in [6.45, 7) is 5.61. The Kier molecular flexibility index (Phi) is 10.9. The van der Waals surface area contributed by atoms with Gasteiger partial charge in [0.1, 0.15) is 0 Å². The van der Waals surface area contributed by atoms with Crippen LogP contribution >= 0.6 is 0 Å². The van der Waals surface area contributed by atoms with Gasteiger partial charge in [-0.05, 0) is 68.1 Å². The zero-order valence-corrected chi connectivity index (χ0v) is 25.6. The van der Waals surface area contributed by atoms with Gasteiger partial charge in [0.25, 0.3) is 0 Å². The number of nitrogens with zero attached hydrogens (tertiary/aromatic N) is 6. The number of hydrogen-bond acceptors (Lipinski definition) is 4. The number of aromatic nitrogens is 6. The molecular weight excluding hydrogens is 685 g/mol. The number of aryl methyl sites for hydroxylation is 2. The predicted molar refractivity (Wildman–Crippen MR) is 156 cm³/mol. The molecule has 0 saturated heterocycles. The molecule has 0 aliphatic rings. The first-order chi connectivity index (χ1) is 19.6. The molecule has 0 bridgehead atoms. The molecule has 6 aromatic rings. The summed E-state index contributed by atoms with van der Waals surface area (Å²) >= 11 is 0. The molecule has 0 amide bonds. The van der Waals surface area contributed by atoms with E-state index in [0.29, 0.717) is 13.1 Å². The van der Waals surface area contributed by atoms with Crippen molar-refractivity contribution in [2.45, 2.75) is 39.8 Å². The van der Waals surface area contributed by atoms with E-state index in [-0.39, 0.29) is 20.1 Å². The van der Waals surface area contributed by atoms with Gasteiger partial charge >= 0.3 is 20.1 Å². The minimum atomic E-state index is 0. The molecule has 0 atom stereocenters. The number of benzene rings is 2. The third kappa shape index (κ3) is 9.45. The average molecular weight is 716 g/mol. The Hall–Kier alpha value is -4.19. The smallest absolute Gasteiger partial charge is 0.496 e. The monoisotopic (exact) mass is 716 g/mol. The number of rotatable bonds is 8. The Balaban J connectivity index is 0.000000184. The van der Waals surface area contributed by atoms with Gasteiger partial charge in [-0.25, -0.2) is 0 Å². The summed E-state index contributed by atoms with van der Waals surface area (Å²) in [7, 11) is 0. The fraction of sp³-hybridized carbons (Fsp3) is 0.176. The Morgan fingerprint density at radius 1 is 0.707 bits per heavy atom. The molecule has 4 heterocycles. The molecule has 2 aromatic carbocycles. The summed E-state index contributed by atoms with van der Waals surface area (Å²) in [6, 6.07) is 32.9. The molecular formula is C34H31IrN6. The second-order valence-corrected chi connectivity index (χ2v) is 9.74. The second-order valence-electron chi connectivity index (χ2n) is 9.74. The molecule has 6 nitrogen and oxygen atoms in total. The molecule has 7 heteroatoms. The van der Waals surface area contributed by atoms with E-state index in [2.05, 4.69) is 78.7 Å². The van der Waals surface area contributed by atoms with Crippen LogP contribution in [-0.2, 0) is 46.0 Å². The Labute approximate surface area is 255 Å². The summed E-state index contributed by atoms with van der Waals surface area (Å²) < 4.78 is 3.79. The Bertz CT molecular complexity index is 1480. The van der Waals surface area contributed by atoms with E-state index in [4.69, 9.17) is 9.97 Å². The average Bonchev–Trinajstić information content (AvgIpc) is 3.64. The summed E-state index contributed by atoms with van der Waals surface area (Å²) in [6.07, 6.45) is 11.8. The van der Waals surface area contributed by atoms with Crippen LogP contribution in [-0.4, -0.2) is 29.3 Å². The van der Waals surface area contributed by atoms with Crippen LogP contribution in [0, 0.1) is 32.2 Å². The summed E-state index contributed by atoms with van der Waals surface area (Å²) in [4.78, 5) is 13.4. The van der Waals surface area contributed by atoms with E-state index in [1.165, 1.54) is 11.1 Å². The first-order valence-corrected chi connectivity index (χ1v) is 13.3. The Morgan fingerprint density at radius 2 is 1.29 bits per heavy atom. The molecule has 6 rings (SSSR count). The van der Waals surface area contributed by atoms with Crippen molar-refractivity contribution in [3.05, 3.63) is 167 Å². The molecule has 0 radical (unpaired) electrons. The second kappa shape index (κ2) is 15.0. The normalized spacial score (nSPS) is 10.4. The molecule has 0 N–H and O–H groups in total. The minimum absolute atomic E-state index is 0. The van der Waals surface area contributed by atoms with Gasteiger partial charge in [-0.3, -0.25) is 14.6 Å². The maximum Gasteiger partial charge on any atom is 3.00 e. The Morgan fingerprint density at radius 3 is 1.78 bits per heavy atom. The van der Waals surface area contributed by atoms with Crippen molar-refractivity contribution in [3.8, 4) is 0 Å². The summed E-state index contributed by atoms with van der Waals surface area (Å²) in [5.74, 6) is 0. The topological polar surface area (TPSA) is 61.4 Å². The molecule has 0 spiro atoms. The van der Waals surface area contributed by atoms with Gasteiger partial charge in [0.15, 0.2) is 0 Å². The third-order valence-electron chi connectivity index (χ3n) is 6.16. The standard InChI is InChI=1S/C17H16N3.C17H15N3.Ir/c1-14-10-16(12-15-6-3-2-4-7-15)19-17(11-14)13-20-9-5-8-18-20;1-14-9-16(11-15-5-3-2-4-6-15)19-17(10-14)12-20-8-7-18-13-20;/h2-6,8-11H,12-13H2,1H3;2-5,7,9-10,13H,11-12H2,1H3;/q-1;-2;+3.